The molecule has 0 saturated heterocycles. The first-order valence-corrected chi connectivity index (χ1v) is 17.2. The van der Waals surface area contributed by atoms with Gasteiger partial charge >= 0.3 is 11.9 Å². The zero-order valence-electron chi connectivity index (χ0n) is 27.5. The standard InChI is InChI=1S/C37H51F3O6/c1-3-5-7-8-9-10-11-12-13-25-43-33-24-23-31(34(39)35(33)40)36(41)45-30-21-19-28(20-22-30)44-26-27-15-17-29(18-16-27)46-37(42)32(38)14-6-4-2/h19-24,27,29,32H,3-18,25-26H2,1-2H3/t27?,29?,32-/m0/s1. The molecule has 0 bridgehead atoms. The van der Waals surface area contributed by atoms with Crippen molar-refractivity contribution in [2.24, 2.45) is 5.92 Å². The summed E-state index contributed by atoms with van der Waals surface area (Å²) in [6, 6.07) is 8.73. The van der Waals surface area contributed by atoms with Crippen LogP contribution in [0.15, 0.2) is 36.4 Å². The topological polar surface area (TPSA) is 71.1 Å². The molecule has 0 aliphatic heterocycles. The van der Waals surface area contributed by atoms with Crippen molar-refractivity contribution in [3.05, 3.63) is 53.6 Å². The molecule has 1 aliphatic carbocycles. The molecule has 0 radical (unpaired) electrons. The maximum Gasteiger partial charge on any atom is 0.346 e. The van der Waals surface area contributed by atoms with Crippen molar-refractivity contribution in [1.82, 2.24) is 0 Å². The summed E-state index contributed by atoms with van der Waals surface area (Å²) in [6.07, 6.45) is 13.1. The smallest absolute Gasteiger partial charge is 0.346 e. The molecular weight excluding hydrogens is 597 g/mol. The normalized spacial score (nSPS) is 16.9. The van der Waals surface area contributed by atoms with E-state index in [1.165, 1.54) is 62.8 Å². The van der Waals surface area contributed by atoms with Gasteiger partial charge in [-0.25, -0.2) is 18.4 Å². The molecule has 1 fully saturated rings. The molecule has 0 amide bonds. The number of carbonyl (C=O) groups is 2. The predicted molar refractivity (Wildman–Crippen MR) is 172 cm³/mol. The number of unbranched alkanes of at least 4 members (excludes halogenated alkanes) is 9. The molecule has 2 aromatic rings. The number of carbonyl (C=O) groups excluding carboxylic acids is 2. The molecule has 1 aliphatic rings. The Kier molecular flexibility index (Phi) is 16.8. The van der Waals surface area contributed by atoms with Crippen LogP contribution in [0.25, 0.3) is 0 Å². The molecule has 9 heteroatoms. The van der Waals surface area contributed by atoms with E-state index in [0.29, 0.717) is 31.6 Å². The van der Waals surface area contributed by atoms with Crippen LogP contribution >= 0.6 is 0 Å². The second kappa shape index (κ2) is 20.8. The fourth-order valence-corrected chi connectivity index (χ4v) is 5.53. The van der Waals surface area contributed by atoms with Gasteiger partial charge in [-0.2, -0.15) is 4.39 Å². The summed E-state index contributed by atoms with van der Waals surface area (Å²) in [6.45, 7) is 4.89. The van der Waals surface area contributed by atoms with Gasteiger partial charge in [-0.05, 0) is 80.8 Å². The Balaban J connectivity index is 1.35. The number of hydrogen-bond donors (Lipinski definition) is 0. The molecule has 2 aromatic carbocycles. The molecule has 0 heterocycles. The number of alkyl halides is 1. The van der Waals surface area contributed by atoms with Gasteiger partial charge in [0.1, 0.15) is 17.6 Å². The van der Waals surface area contributed by atoms with Crippen LogP contribution in [-0.4, -0.2) is 37.4 Å². The average Bonchev–Trinajstić information content (AvgIpc) is 3.06. The minimum absolute atomic E-state index is 0.162. The van der Waals surface area contributed by atoms with E-state index in [-0.39, 0.29) is 36.5 Å². The van der Waals surface area contributed by atoms with Crippen molar-refractivity contribution in [2.45, 2.75) is 129 Å². The summed E-state index contributed by atoms with van der Waals surface area (Å²) in [4.78, 5) is 24.5. The third kappa shape index (κ3) is 12.9. The molecule has 3 rings (SSSR count). The minimum Gasteiger partial charge on any atom is -0.493 e. The molecule has 1 saturated carbocycles. The summed E-state index contributed by atoms with van der Waals surface area (Å²) >= 11 is 0. The predicted octanol–water partition coefficient (Wildman–Crippen LogP) is 10.1. The molecule has 0 spiro atoms. The molecule has 6 nitrogen and oxygen atoms in total. The van der Waals surface area contributed by atoms with E-state index in [1.807, 2.05) is 6.92 Å². The van der Waals surface area contributed by atoms with E-state index in [2.05, 4.69) is 6.92 Å². The first kappa shape index (κ1) is 37.2. The molecular formula is C37H51F3O6. The Hall–Kier alpha value is -3.23. The lowest BCUT2D eigenvalue weighted by molar-refractivity contribution is -0.157. The van der Waals surface area contributed by atoms with Gasteiger partial charge in [0.15, 0.2) is 17.7 Å². The number of ether oxygens (including phenoxy) is 4. The maximum absolute atomic E-state index is 14.7. The Labute approximate surface area is 272 Å². The molecule has 0 aromatic heterocycles. The van der Waals surface area contributed by atoms with Crippen LogP contribution in [0, 0.1) is 17.6 Å². The minimum atomic E-state index is -1.55. The summed E-state index contributed by atoms with van der Waals surface area (Å²) < 4.78 is 65.2. The quantitative estimate of drug-likeness (QED) is 0.0762. The lowest BCUT2D eigenvalue weighted by Crippen LogP contribution is -2.30. The summed E-state index contributed by atoms with van der Waals surface area (Å²) in [7, 11) is 0. The van der Waals surface area contributed by atoms with Gasteiger partial charge in [-0.1, -0.05) is 78.1 Å². The largest absolute Gasteiger partial charge is 0.493 e. The van der Waals surface area contributed by atoms with Gasteiger partial charge in [0.25, 0.3) is 0 Å². The third-order valence-corrected chi connectivity index (χ3v) is 8.44. The van der Waals surface area contributed by atoms with E-state index in [9.17, 15) is 22.8 Å². The van der Waals surface area contributed by atoms with Crippen LogP contribution in [0.3, 0.4) is 0 Å². The highest BCUT2D eigenvalue weighted by Crippen LogP contribution is 2.29. The number of esters is 2. The monoisotopic (exact) mass is 648 g/mol. The highest BCUT2D eigenvalue weighted by Gasteiger charge is 2.27. The molecule has 256 valence electrons. The highest BCUT2D eigenvalue weighted by atomic mass is 19.2. The summed E-state index contributed by atoms with van der Waals surface area (Å²) in [5.41, 5.74) is -0.516. The summed E-state index contributed by atoms with van der Waals surface area (Å²) in [5.74, 6) is -3.51. The fraction of sp³-hybridized carbons (Fsp3) is 0.622. The zero-order chi connectivity index (χ0) is 33.1. The van der Waals surface area contributed by atoms with E-state index in [0.717, 1.165) is 38.5 Å². The number of benzene rings is 2. The van der Waals surface area contributed by atoms with Crippen LogP contribution < -0.4 is 14.2 Å². The van der Waals surface area contributed by atoms with Crippen LogP contribution in [-0.2, 0) is 9.53 Å². The van der Waals surface area contributed by atoms with E-state index < -0.39 is 35.3 Å². The van der Waals surface area contributed by atoms with E-state index in [1.54, 1.807) is 12.1 Å². The Morgan fingerprint density at radius 3 is 2.00 bits per heavy atom. The van der Waals surface area contributed by atoms with Crippen LogP contribution in [0.1, 0.15) is 127 Å². The van der Waals surface area contributed by atoms with Gasteiger partial charge in [0.05, 0.1) is 18.8 Å². The summed E-state index contributed by atoms with van der Waals surface area (Å²) in [5, 5.41) is 0. The van der Waals surface area contributed by atoms with Gasteiger partial charge in [-0.3, -0.25) is 0 Å². The number of halogens is 3. The Morgan fingerprint density at radius 1 is 0.739 bits per heavy atom. The van der Waals surface area contributed by atoms with Crippen molar-refractivity contribution in [1.29, 1.82) is 0 Å². The second-order valence-corrected chi connectivity index (χ2v) is 12.3. The molecule has 1 atom stereocenters. The third-order valence-electron chi connectivity index (χ3n) is 8.44. The Morgan fingerprint density at radius 2 is 1.35 bits per heavy atom. The highest BCUT2D eigenvalue weighted by molar-refractivity contribution is 5.91. The SMILES string of the molecule is CCCCCCCCCCCOc1ccc(C(=O)Oc2ccc(OCC3CCC(OC(=O)[C@@H](F)CCCC)CC3)cc2)c(F)c1F. The number of hydrogen-bond acceptors (Lipinski definition) is 6. The average molecular weight is 649 g/mol. The second-order valence-electron chi connectivity index (χ2n) is 12.3. The molecule has 0 unspecified atom stereocenters. The van der Waals surface area contributed by atoms with Crippen LogP contribution in [0.4, 0.5) is 13.2 Å². The van der Waals surface area contributed by atoms with Crippen molar-refractivity contribution in [3.63, 3.8) is 0 Å². The first-order chi connectivity index (χ1) is 22.3. The van der Waals surface area contributed by atoms with Crippen LogP contribution in [0.5, 0.6) is 17.2 Å². The fourth-order valence-electron chi connectivity index (χ4n) is 5.53. The Bertz CT molecular complexity index is 1180. The van der Waals surface area contributed by atoms with E-state index in [4.69, 9.17) is 18.9 Å². The lowest BCUT2D eigenvalue weighted by atomic mass is 9.88. The van der Waals surface area contributed by atoms with Gasteiger partial charge < -0.3 is 18.9 Å². The van der Waals surface area contributed by atoms with Crippen molar-refractivity contribution in [3.8, 4) is 17.2 Å². The zero-order valence-corrected chi connectivity index (χ0v) is 27.5. The van der Waals surface area contributed by atoms with Crippen molar-refractivity contribution in [2.75, 3.05) is 13.2 Å². The van der Waals surface area contributed by atoms with Gasteiger partial charge in [0, 0.05) is 0 Å². The van der Waals surface area contributed by atoms with Crippen LogP contribution in [0.2, 0.25) is 0 Å². The number of rotatable bonds is 21. The molecule has 46 heavy (non-hydrogen) atoms. The maximum atomic E-state index is 14.7. The van der Waals surface area contributed by atoms with E-state index >= 15 is 0 Å². The van der Waals surface area contributed by atoms with Crippen molar-refractivity contribution < 1.29 is 41.7 Å². The lowest BCUT2D eigenvalue weighted by Gasteiger charge is -2.28. The van der Waals surface area contributed by atoms with Crippen molar-refractivity contribution >= 4 is 11.9 Å². The van der Waals surface area contributed by atoms with Gasteiger partial charge in [0.2, 0.25) is 5.82 Å². The first-order valence-electron chi connectivity index (χ1n) is 17.2. The molecule has 0 N–H and O–H groups in total. The van der Waals surface area contributed by atoms with Gasteiger partial charge in [-0.15, -0.1) is 0 Å².